The van der Waals surface area contributed by atoms with Gasteiger partial charge in [0.05, 0.1) is 6.54 Å². The predicted octanol–water partition coefficient (Wildman–Crippen LogP) is 2.55. The third-order valence-electron chi connectivity index (χ3n) is 2.97. The van der Waals surface area contributed by atoms with Gasteiger partial charge in [-0.2, -0.15) is 0 Å². The van der Waals surface area contributed by atoms with Crippen LogP contribution in [0, 0.1) is 0 Å². The summed E-state index contributed by atoms with van der Waals surface area (Å²) < 4.78 is 10.7. The molecule has 3 N–H and O–H groups in total. The number of ether oxygens (including phenoxy) is 1. The number of aliphatic hydroxyl groups excluding tert-OH is 1. The van der Waals surface area contributed by atoms with E-state index < -0.39 is 11.7 Å². The molecule has 0 spiro atoms. The van der Waals surface area contributed by atoms with Crippen LogP contribution < -0.4 is 10.6 Å². The smallest absolute Gasteiger partial charge is 0.407 e. The van der Waals surface area contributed by atoms with Gasteiger partial charge in [-0.1, -0.05) is 13.3 Å². The van der Waals surface area contributed by atoms with Gasteiger partial charge in [-0.15, -0.1) is 0 Å². The standard InChI is InChI=1S/C16H28N2O4/c1-5-6-12(9-18-15(20)22-16(2,3)4)17-10-13-7-8-14(11-19)21-13/h7-8,12,17,19H,5-6,9-11H2,1-4H3,(H,18,20). The minimum atomic E-state index is -0.493. The molecule has 1 aromatic heterocycles. The SMILES string of the molecule is CCCC(CNC(=O)OC(C)(C)C)NCc1ccc(CO)o1. The average molecular weight is 312 g/mol. The molecule has 0 saturated heterocycles. The topological polar surface area (TPSA) is 83.7 Å². The number of hydrogen-bond donors (Lipinski definition) is 3. The number of rotatable bonds is 8. The second-order valence-electron chi connectivity index (χ2n) is 6.28. The number of furan rings is 1. The Morgan fingerprint density at radius 2 is 2.05 bits per heavy atom. The summed E-state index contributed by atoms with van der Waals surface area (Å²) in [6, 6.07) is 3.73. The van der Waals surface area contributed by atoms with Crippen molar-refractivity contribution in [3.63, 3.8) is 0 Å². The molecule has 6 heteroatoms. The number of hydrogen-bond acceptors (Lipinski definition) is 5. The number of carbonyl (C=O) groups excluding carboxylic acids is 1. The first-order chi connectivity index (χ1) is 10.3. The van der Waals surface area contributed by atoms with Crippen molar-refractivity contribution in [1.29, 1.82) is 0 Å². The highest BCUT2D eigenvalue weighted by Gasteiger charge is 2.17. The zero-order valence-electron chi connectivity index (χ0n) is 13.9. The molecule has 0 radical (unpaired) electrons. The van der Waals surface area contributed by atoms with Gasteiger partial charge in [-0.3, -0.25) is 0 Å². The molecular weight excluding hydrogens is 284 g/mol. The number of aliphatic hydroxyl groups is 1. The van der Waals surface area contributed by atoms with Crippen molar-refractivity contribution in [1.82, 2.24) is 10.6 Å². The van der Waals surface area contributed by atoms with E-state index in [0.717, 1.165) is 18.6 Å². The molecule has 126 valence electrons. The quantitative estimate of drug-likeness (QED) is 0.687. The van der Waals surface area contributed by atoms with Crippen LogP contribution in [-0.4, -0.2) is 29.4 Å². The van der Waals surface area contributed by atoms with Crippen LogP contribution in [0.1, 0.15) is 52.1 Å². The van der Waals surface area contributed by atoms with E-state index in [1.807, 2.05) is 26.8 Å². The number of nitrogens with one attached hydrogen (secondary N) is 2. The molecule has 0 aliphatic rings. The second-order valence-corrected chi connectivity index (χ2v) is 6.28. The Labute approximate surface area is 132 Å². The van der Waals surface area contributed by atoms with Crippen molar-refractivity contribution in [2.75, 3.05) is 6.54 Å². The van der Waals surface area contributed by atoms with Gasteiger partial charge in [-0.25, -0.2) is 4.79 Å². The van der Waals surface area contributed by atoms with Gasteiger partial charge in [0.15, 0.2) is 0 Å². The van der Waals surface area contributed by atoms with E-state index in [1.165, 1.54) is 0 Å². The highest BCUT2D eigenvalue weighted by molar-refractivity contribution is 5.67. The highest BCUT2D eigenvalue weighted by Crippen LogP contribution is 2.09. The average Bonchev–Trinajstić information content (AvgIpc) is 2.88. The molecule has 1 atom stereocenters. The van der Waals surface area contributed by atoms with Crippen LogP contribution in [0.15, 0.2) is 16.5 Å². The van der Waals surface area contributed by atoms with E-state index in [9.17, 15) is 4.79 Å². The maximum Gasteiger partial charge on any atom is 0.407 e. The summed E-state index contributed by atoms with van der Waals surface area (Å²) in [5, 5.41) is 15.1. The predicted molar refractivity (Wildman–Crippen MR) is 84.4 cm³/mol. The van der Waals surface area contributed by atoms with Crippen molar-refractivity contribution in [2.45, 2.75) is 65.3 Å². The van der Waals surface area contributed by atoms with E-state index in [-0.39, 0.29) is 12.6 Å². The zero-order valence-corrected chi connectivity index (χ0v) is 13.9. The fourth-order valence-electron chi connectivity index (χ4n) is 1.99. The molecular formula is C16H28N2O4. The highest BCUT2D eigenvalue weighted by atomic mass is 16.6. The Bertz CT molecular complexity index is 451. The number of alkyl carbamates (subject to hydrolysis) is 1. The Morgan fingerprint density at radius 3 is 2.59 bits per heavy atom. The largest absolute Gasteiger partial charge is 0.462 e. The molecule has 1 amide bonds. The van der Waals surface area contributed by atoms with E-state index in [0.29, 0.717) is 18.8 Å². The first kappa shape index (κ1) is 18.5. The minimum absolute atomic E-state index is 0.0986. The Balaban J connectivity index is 2.39. The van der Waals surface area contributed by atoms with Gasteiger partial charge >= 0.3 is 6.09 Å². The van der Waals surface area contributed by atoms with Crippen LogP contribution >= 0.6 is 0 Å². The third-order valence-corrected chi connectivity index (χ3v) is 2.97. The molecule has 1 heterocycles. The summed E-state index contributed by atoms with van der Waals surface area (Å²) in [4.78, 5) is 11.7. The van der Waals surface area contributed by atoms with Crippen molar-refractivity contribution in [2.24, 2.45) is 0 Å². The molecule has 0 aromatic carbocycles. The molecule has 1 rings (SSSR count). The summed E-state index contributed by atoms with van der Waals surface area (Å²) in [6.07, 6.45) is 1.54. The number of amides is 1. The monoisotopic (exact) mass is 312 g/mol. The summed E-state index contributed by atoms with van der Waals surface area (Å²) >= 11 is 0. The first-order valence-corrected chi connectivity index (χ1v) is 7.72. The Morgan fingerprint density at radius 1 is 1.36 bits per heavy atom. The lowest BCUT2D eigenvalue weighted by Gasteiger charge is -2.22. The van der Waals surface area contributed by atoms with Gasteiger partial charge in [-0.05, 0) is 39.3 Å². The minimum Gasteiger partial charge on any atom is -0.462 e. The number of carbonyl (C=O) groups is 1. The van der Waals surface area contributed by atoms with Gasteiger partial charge in [0.25, 0.3) is 0 Å². The van der Waals surface area contributed by atoms with E-state index in [1.54, 1.807) is 6.07 Å². The molecule has 0 bridgehead atoms. The van der Waals surface area contributed by atoms with Crippen LogP contribution in [0.2, 0.25) is 0 Å². The van der Waals surface area contributed by atoms with Crippen molar-refractivity contribution in [3.8, 4) is 0 Å². The molecule has 0 aliphatic heterocycles. The molecule has 0 fully saturated rings. The summed E-state index contributed by atoms with van der Waals surface area (Å²) in [5.74, 6) is 1.32. The van der Waals surface area contributed by atoms with Gasteiger partial charge < -0.3 is 24.9 Å². The first-order valence-electron chi connectivity index (χ1n) is 7.72. The summed E-state index contributed by atoms with van der Waals surface area (Å²) in [6.45, 7) is 8.56. The fourth-order valence-corrected chi connectivity index (χ4v) is 1.99. The Kier molecular flexibility index (Phi) is 7.41. The summed E-state index contributed by atoms with van der Waals surface area (Å²) in [5.41, 5.74) is -0.493. The van der Waals surface area contributed by atoms with Crippen LogP contribution in [-0.2, 0) is 17.9 Å². The molecule has 1 unspecified atom stereocenters. The maximum absolute atomic E-state index is 11.7. The van der Waals surface area contributed by atoms with E-state index in [2.05, 4.69) is 17.6 Å². The second kappa shape index (κ2) is 8.80. The van der Waals surface area contributed by atoms with Gasteiger partial charge in [0.1, 0.15) is 23.7 Å². The zero-order chi connectivity index (χ0) is 16.6. The maximum atomic E-state index is 11.7. The van der Waals surface area contributed by atoms with Crippen molar-refractivity contribution < 1.29 is 19.1 Å². The molecule has 1 aromatic rings. The lowest BCUT2D eigenvalue weighted by Crippen LogP contribution is -2.42. The molecule has 0 aliphatic carbocycles. The molecule has 6 nitrogen and oxygen atoms in total. The van der Waals surface area contributed by atoms with E-state index >= 15 is 0 Å². The van der Waals surface area contributed by atoms with Crippen LogP contribution in [0.25, 0.3) is 0 Å². The normalized spacial score (nSPS) is 13.0. The lowest BCUT2D eigenvalue weighted by molar-refractivity contribution is 0.0521. The Hall–Kier alpha value is -1.53. The van der Waals surface area contributed by atoms with Crippen molar-refractivity contribution in [3.05, 3.63) is 23.7 Å². The van der Waals surface area contributed by atoms with Gasteiger partial charge in [0, 0.05) is 12.6 Å². The molecule has 0 saturated carbocycles. The van der Waals surface area contributed by atoms with Crippen LogP contribution in [0.4, 0.5) is 4.79 Å². The fraction of sp³-hybridized carbons (Fsp3) is 0.688. The van der Waals surface area contributed by atoms with Crippen LogP contribution in [0.3, 0.4) is 0 Å². The molecule has 22 heavy (non-hydrogen) atoms. The lowest BCUT2D eigenvalue weighted by atomic mass is 10.1. The van der Waals surface area contributed by atoms with Crippen molar-refractivity contribution >= 4 is 6.09 Å². The third kappa shape index (κ3) is 7.47. The van der Waals surface area contributed by atoms with Crippen LogP contribution in [0.5, 0.6) is 0 Å². The summed E-state index contributed by atoms with van der Waals surface area (Å²) in [7, 11) is 0. The van der Waals surface area contributed by atoms with Gasteiger partial charge in [0.2, 0.25) is 0 Å². The van der Waals surface area contributed by atoms with E-state index in [4.69, 9.17) is 14.3 Å².